The second-order valence-corrected chi connectivity index (χ2v) is 6.89. The average Bonchev–Trinajstić information content (AvgIpc) is 2.56. The third kappa shape index (κ3) is 3.23. The van der Waals surface area contributed by atoms with Crippen molar-refractivity contribution in [3.63, 3.8) is 0 Å². The Morgan fingerprint density at radius 1 is 1.33 bits per heavy atom. The molecule has 1 fully saturated rings. The molecule has 0 unspecified atom stereocenters. The summed E-state index contributed by atoms with van der Waals surface area (Å²) in [7, 11) is 0. The second kappa shape index (κ2) is 5.37. The molecule has 15 heavy (non-hydrogen) atoms. The van der Waals surface area contributed by atoms with E-state index in [4.69, 9.17) is 0 Å². The maximum absolute atomic E-state index is 3.69. The molecule has 0 radical (unpaired) electrons. The largest absolute Gasteiger partial charge is 0.310 e. The molecule has 3 heteroatoms. The van der Waals surface area contributed by atoms with Gasteiger partial charge < -0.3 is 5.32 Å². The van der Waals surface area contributed by atoms with Gasteiger partial charge in [0.25, 0.3) is 0 Å². The van der Waals surface area contributed by atoms with E-state index < -0.39 is 0 Å². The van der Waals surface area contributed by atoms with Gasteiger partial charge in [0.05, 0.1) is 0 Å². The van der Waals surface area contributed by atoms with E-state index in [1.807, 2.05) is 11.3 Å². The van der Waals surface area contributed by atoms with Crippen molar-refractivity contribution in [1.82, 2.24) is 5.32 Å². The number of rotatable bonds is 3. The lowest BCUT2D eigenvalue weighted by Gasteiger charge is -2.22. The van der Waals surface area contributed by atoms with Gasteiger partial charge in [0.1, 0.15) is 0 Å². The fraction of sp³-hybridized carbons (Fsp3) is 0.667. The van der Waals surface area contributed by atoms with Gasteiger partial charge in [0.2, 0.25) is 0 Å². The predicted molar refractivity (Wildman–Crippen MR) is 71.0 cm³/mol. The van der Waals surface area contributed by atoms with Crippen molar-refractivity contribution in [2.45, 2.75) is 39.3 Å². The minimum Gasteiger partial charge on any atom is -0.310 e. The Bertz CT molecular complexity index is 313. The van der Waals surface area contributed by atoms with Crippen molar-refractivity contribution in [3.8, 4) is 0 Å². The van der Waals surface area contributed by atoms with Crippen LogP contribution in [0.25, 0.3) is 0 Å². The Morgan fingerprint density at radius 3 is 2.67 bits per heavy atom. The molecule has 0 aromatic carbocycles. The third-order valence-electron chi connectivity index (χ3n) is 2.95. The molecule has 0 atom stereocenters. The van der Waals surface area contributed by atoms with E-state index in [-0.39, 0.29) is 0 Å². The highest BCUT2D eigenvalue weighted by Crippen LogP contribution is 2.22. The molecular formula is C12H19NS2. The highest BCUT2D eigenvalue weighted by Gasteiger charge is 2.13. The zero-order valence-electron chi connectivity index (χ0n) is 9.51. The minimum absolute atomic E-state index is 0.755. The molecular weight excluding hydrogens is 222 g/mol. The van der Waals surface area contributed by atoms with Crippen LogP contribution in [0.4, 0.5) is 0 Å². The lowest BCUT2D eigenvalue weighted by molar-refractivity contribution is 0.482. The Morgan fingerprint density at radius 2 is 2.07 bits per heavy atom. The number of thiophene rings is 1. The summed E-state index contributed by atoms with van der Waals surface area (Å²) in [5, 5.41) is 3.69. The van der Waals surface area contributed by atoms with E-state index in [0.717, 1.165) is 12.6 Å². The lowest BCUT2D eigenvalue weighted by Crippen LogP contribution is -2.32. The maximum Gasteiger partial charge on any atom is 0.0219 e. The highest BCUT2D eigenvalue weighted by molar-refractivity contribution is 7.99. The van der Waals surface area contributed by atoms with Crippen LogP contribution in [0.5, 0.6) is 0 Å². The summed E-state index contributed by atoms with van der Waals surface area (Å²) >= 11 is 4.00. The monoisotopic (exact) mass is 241 g/mol. The summed E-state index contributed by atoms with van der Waals surface area (Å²) in [5.74, 6) is 2.67. The van der Waals surface area contributed by atoms with Gasteiger partial charge in [-0.15, -0.1) is 11.3 Å². The summed E-state index contributed by atoms with van der Waals surface area (Å²) in [4.78, 5) is 2.91. The van der Waals surface area contributed by atoms with Crippen LogP contribution in [0.1, 0.15) is 28.2 Å². The van der Waals surface area contributed by atoms with Crippen LogP contribution in [0.3, 0.4) is 0 Å². The third-order valence-corrected chi connectivity index (χ3v) is 5.00. The molecule has 0 aliphatic carbocycles. The Balaban J connectivity index is 1.84. The molecule has 0 saturated carbocycles. The van der Waals surface area contributed by atoms with Gasteiger partial charge in [0.15, 0.2) is 0 Å². The van der Waals surface area contributed by atoms with E-state index in [1.165, 1.54) is 39.7 Å². The maximum atomic E-state index is 3.69. The van der Waals surface area contributed by atoms with Crippen LogP contribution < -0.4 is 5.32 Å². The van der Waals surface area contributed by atoms with E-state index >= 15 is 0 Å². The molecule has 0 spiro atoms. The molecule has 1 nitrogen and oxygen atoms in total. The number of nitrogens with one attached hydrogen (secondary N) is 1. The van der Waals surface area contributed by atoms with Crippen molar-refractivity contribution in [3.05, 3.63) is 21.4 Å². The van der Waals surface area contributed by atoms with E-state index in [1.54, 1.807) is 0 Å². The van der Waals surface area contributed by atoms with Gasteiger partial charge in [-0.05, 0) is 49.8 Å². The topological polar surface area (TPSA) is 12.0 Å². The molecule has 1 aromatic heterocycles. The smallest absolute Gasteiger partial charge is 0.0219 e. The normalized spacial score (nSPS) is 18.3. The van der Waals surface area contributed by atoms with Crippen molar-refractivity contribution in [2.75, 3.05) is 11.5 Å². The molecule has 0 amide bonds. The Labute approximate surface area is 101 Å². The molecule has 84 valence electrons. The molecule has 1 aromatic rings. The van der Waals surface area contributed by atoms with Crippen LogP contribution >= 0.6 is 23.1 Å². The Kier molecular flexibility index (Phi) is 4.12. The molecule has 1 aliphatic heterocycles. The minimum atomic E-state index is 0.755. The first kappa shape index (κ1) is 11.5. The lowest BCUT2D eigenvalue weighted by atomic mass is 10.1. The van der Waals surface area contributed by atoms with Crippen LogP contribution in [-0.2, 0) is 6.54 Å². The first-order valence-electron chi connectivity index (χ1n) is 5.63. The van der Waals surface area contributed by atoms with Gasteiger partial charge in [-0.25, -0.2) is 0 Å². The highest BCUT2D eigenvalue weighted by atomic mass is 32.2. The van der Waals surface area contributed by atoms with Gasteiger partial charge in [-0.3, -0.25) is 0 Å². The zero-order chi connectivity index (χ0) is 10.7. The van der Waals surface area contributed by atoms with E-state index in [9.17, 15) is 0 Å². The molecule has 1 saturated heterocycles. The Hall–Kier alpha value is 0.01000. The van der Waals surface area contributed by atoms with Crippen molar-refractivity contribution >= 4 is 23.1 Å². The van der Waals surface area contributed by atoms with Gasteiger partial charge in [0, 0.05) is 22.3 Å². The van der Waals surface area contributed by atoms with Crippen molar-refractivity contribution in [1.29, 1.82) is 0 Å². The number of thioether (sulfide) groups is 1. The number of hydrogen-bond acceptors (Lipinski definition) is 3. The fourth-order valence-corrected chi connectivity index (χ4v) is 4.07. The summed E-state index contributed by atoms with van der Waals surface area (Å²) in [5.41, 5.74) is 1.50. The van der Waals surface area contributed by atoms with E-state index in [0.29, 0.717) is 0 Å². The summed E-state index contributed by atoms with van der Waals surface area (Å²) in [6.45, 7) is 5.48. The van der Waals surface area contributed by atoms with Crippen LogP contribution in [0.15, 0.2) is 6.07 Å². The molecule has 2 heterocycles. The fourth-order valence-electron chi connectivity index (χ4n) is 2.01. The average molecular weight is 241 g/mol. The first-order valence-corrected chi connectivity index (χ1v) is 7.60. The zero-order valence-corrected chi connectivity index (χ0v) is 11.1. The van der Waals surface area contributed by atoms with Crippen molar-refractivity contribution in [2.24, 2.45) is 0 Å². The number of hydrogen-bond donors (Lipinski definition) is 1. The molecule has 1 N–H and O–H groups in total. The van der Waals surface area contributed by atoms with E-state index in [2.05, 4.69) is 37.0 Å². The van der Waals surface area contributed by atoms with Gasteiger partial charge >= 0.3 is 0 Å². The van der Waals surface area contributed by atoms with Crippen LogP contribution in [-0.4, -0.2) is 17.5 Å². The standard InChI is InChI=1S/C12H19NS2/c1-9-7-11(10(2)15-9)8-13-12-3-5-14-6-4-12/h7,12-13H,3-6,8H2,1-2H3. The van der Waals surface area contributed by atoms with Crippen LogP contribution in [0.2, 0.25) is 0 Å². The predicted octanol–water partition coefficient (Wildman–Crippen LogP) is 3.35. The van der Waals surface area contributed by atoms with Crippen LogP contribution in [0, 0.1) is 13.8 Å². The summed E-state index contributed by atoms with van der Waals surface area (Å²) in [6, 6.07) is 3.08. The first-order chi connectivity index (χ1) is 7.25. The van der Waals surface area contributed by atoms with Gasteiger partial charge in [-0.1, -0.05) is 0 Å². The van der Waals surface area contributed by atoms with Gasteiger partial charge in [-0.2, -0.15) is 11.8 Å². The summed E-state index contributed by atoms with van der Waals surface area (Å²) in [6.07, 6.45) is 2.68. The summed E-state index contributed by atoms with van der Waals surface area (Å²) < 4.78 is 0. The number of aryl methyl sites for hydroxylation is 2. The molecule has 2 rings (SSSR count). The SMILES string of the molecule is Cc1cc(CNC2CCSCC2)c(C)s1. The van der Waals surface area contributed by atoms with Crippen molar-refractivity contribution < 1.29 is 0 Å². The second-order valence-electron chi connectivity index (χ2n) is 4.21. The quantitative estimate of drug-likeness (QED) is 0.871. The molecule has 1 aliphatic rings. The molecule has 0 bridgehead atoms.